The summed E-state index contributed by atoms with van der Waals surface area (Å²) in [6, 6.07) is 14.4. The van der Waals surface area contributed by atoms with Gasteiger partial charge in [-0.3, -0.25) is 10.1 Å². The molecule has 0 atom stereocenters. The van der Waals surface area contributed by atoms with E-state index in [0.717, 1.165) is 17.0 Å². The molecule has 2 aromatic rings. The molecule has 1 saturated heterocycles. The molecule has 8 nitrogen and oxygen atoms in total. The molecule has 27 heavy (non-hydrogen) atoms. The zero-order chi connectivity index (χ0) is 19.1. The first-order valence-corrected chi connectivity index (χ1v) is 9.90. The van der Waals surface area contributed by atoms with E-state index in [4.69, 9.17) is 9.47 Å². The van der Waals surface area contributed by atoms with E-state index >= 15 is 0 Å². The van der Waals surface area contributed by atoms with Gasteiger partial charge >= 0.3 is 10.2 Å². The van der Waals surface area contributed by atoms with Gasteiger partial charge in [0, 0.05) is 18.8 Å². The van der Waals surface area contributed by atoms with Crippen LogP contribution in [0, 0.1) is 0 Å². The molecule has 0 radical (unpaired) electrons. The van der Waals surface area contributed by atoms with E-state index in [1.165, 1.54) is 4.31 Å². The lowest BCUT2D eigenvalue weighted by molar-refractivity contribution is 0.0733. The molecule has 1 aliphatic rings. The average molecular weight is 390 g/mol. The van der Waals surface area contributed by atoms with Gasteiger partial charge in [-0.1, -0.05) is 0 Å². The summed E-state index contributed by atoms with van der Waals surface area (Å²) in [5.74, 6) is 0.787. The van der Waals surface area contributed by atoms with E-state index in [9.17, 15) is 8.42 Å². The Morgan fingerprint density at radius 1 is 1.04 bits per heavy atom. The van der Waals surface area contributed by atoms with Crippen molar-refractivity contribution in [2.24, 2.45) is 5.10 Å². The molecule has 2 aromatic carbocycles. The number of methoxy groups -OCH3 is 1. The molecule has 1 heterocycles. The average Bonchev–Trinajstić information content (AvgIpc) is 2.70. The van der Waals surface area contributed by atoms with Crippen LogP contribution in [0.5, 0.6) is 5.75 Å². The van der Waals surface area contributed by atoms with Crippen molar-refractivity contribution in [3.05, 3.63) is 54.1 Å². The maximum Gasteiger partial charge on any atom is 0.301 e. The maximum absolute atomic E-state index is 12.3. The van der Waals surface area contributed by atoms with Gasteiger partial charge in [0.05, 0.1) is 32.2 Å². The van der Waals surface area contributed by atoms with Crippen LogP contribution in [0.2, 0.25) is 0 Å². The zero-order valence-corrected chi connectivity index (χ0v) is 15.8. The highest BCUT2D eigenvalue weighted by Crippen LogP contribution is 2.17. The Morgan fingerprint density at radius 3 is 2.30 bits per heavy atom. The van der Waals surface area contributed by atoms with Gasteiger partial charge in [0.15, 0.2) is 0 Å². The molecule has 1 fully saturated rings. The van der Waals surface area contributed by atoms with E-state index in [-0.39, 0.29) is 0 Å². The molecule has 2 N–H and O–H groups in total. The fourth-order valence-corrected chi connectivity index (χ4v) is 3.68. The van der Waals surface area contributed by atoms with Crippen LogP contribution < -0.4 is 14.9 Å². The molecule has 0 aliphatic carbocycles. The van der Waals surface area contributed by atoms with Crippen LogP contribution in [0.3, 0.4) is 0 Å². The number of ether oxygens (including phenoxy) is 2. The summed E-state index contributed by atoms with van der Waals surface area (Å²) in [5.41, 5.74) is 5.07. The number of benzene rings is 2. The minimum Gasteiger partial charge on any atom is -0.497 e. The predicted molar refractivity (Wildman–Crippen MR) is 106 cm³/mol. The molecule has 0 bridgehead atoms. The predicted octanol–water partition coefficient (Wildman–Crippen LogP) is 2.13. The molecule has 1 aliphatic heterocycles. The van der Waals surface area contributed by atoms with E-state index in [1.54, 1.807) is 37.6 Å². The summed E-state index contributed by atoms with van der Waals surface area (Å²) in [6.07, 6.45) is 1.69. The van der Waals surface area contributed by atoms with Crippen LogP contribution in [-0.2, 0) is 14.9 Å². The fraction of sp³-hybridized carbons (Fsp3) is 0.278. The van der Waals surface area contributed by atoms with Crippen LogP contribution in [0.25, 0.3) is 0 Å². The third kappa shape index (κ3) is 5.43. The summed E-state index contributed by atoms with van der Waals surface area (Å²) >= 11 is 0. The molecule has 0 spiro atoms. The quantitative estimate of drug-likeness (QED) is 0.558. The van der Waals surface area contributed by atoms with Crippen LogP contribution in [0.15, 0.2) is 53.6 Å². The number of hydrazone groups is 1. The molecule has 0 saturated carbocycles. The van der Waals surface area contributed by atoms with Crippen molar-refractivity contribution < 1.29 is 17.9 Å². The molecule has 0 amide bonds. The SMILES string of the molecule is COc1ccc(/C=N/Nc2ccc(NS(=O)(=O)N3CCOCC3)cc2)cc1. The highest BCUT2D eigenvalue weighted by atomic mass is 32.2. The summed E-state index contributed by atoms with van der Waals surface area (Å²) in [5, 5.41) is 4.17. The molecule has 144 valence electrons. The van der Waals surface area contributed by atoms with Crippen molar-refractivity contribution >= 4 is 27.8 Å². The van der Waals surface area contributed by atoms with Crippen molar-refractivity contribution in [1.82, 2.24) is 4.31 Å². The van der Waals surface area contributed by atoms with Crippen molar-refractivity contribution in [3.63, 3.8) is 0 Å². The molecule has 3 rings (SSSR count). The molecule has 9 heteroatoms. The Kier molecular flexibility index (Phi) is 6.28. The largest absolute Gasteiger partial charge is 0.497 e. The molecule has 0 unspecified atom stereocenters. The van der Waals surface area contributed by atoms with Gasteiger partial charge in [0.2, 0.25) is 0 Å². The van der Waals surface area contributed by atoms with Crippen LogP contribution in [0.4, 0.5) is 11.4 Å². The second-order valence-electron chi connectivity index (χ2n) is 5.84. The zero-order valence-electron chi connectivity index (χ0n) is 15.0. The Morgan fingerprint density at radius 2 is 1.67 bits per heavy atom. The van der Waals surface area contributed by atoms with Gasteiger partial charge in [0.25, 0.3) is 0 Å². The fourth-order valence-electron chi connectivity index (χ4n) is 2.48. The Hall–Kier alpha value is -2.62. The number of anilines is 2. The van der Waals surface area contributed by atoms with Crippen molar-refractivity contribution in [2.45, 2.75) is 0 Å². The van der Waals surface area contributed by atoms with Gasteiger partial charge in [-0.15, -0.1) is 0 Å². The van der Waals surface area contributed by atoms with E-state index in [2.05, 4.69) is 15.2 Å². The normalized spacial score (nSPS) is 15.6. The van der Waals surface area contributed by atoms with Gasteiger partial charge < -0.3 is 9.47 Å². The number of hydrogen-bond acceptors (Lipinski definition) is 6. The molecular formula is C18H22N4O4S. The molecular weight excluding hydrogens is 368 g/mol. The Labute approximate surface area is 159 Å². The van der Waals surface area contributed by atoms with Crippen molar-refractivity contribution in [1.29, 1.82) is 0 Å². The summed E-state index contributed by atoms with van der Waals surface area (Å²) in [7, 11) is -1.94. The Balaban J connectivity index is 1.55. The number of nitrogens with one attached hydrogen (secondary N) is 2. The standard InChI is InChI=1S/C18H22N4O4S/c1-25-18-8-2-15(3-9-18)14-19-20-16-4-6-17(7-5-16)21-27(23,24)22-10-12-26-13-11-22/h2-9,14,20-21H,10-13H2,1H3/b19-14+. The monoisotopic (exact) mass is 390 g/mol. The maximum atomic E-state index is 12.3. The number of rotatable bonds is 7. The second-order valence-corrected chi connectivity index (χ2v) is 7.51. The third-order valence-corrected chi connectivity index (χ3v) is 5.50. The van der Waals surface area contributed by atoms with E-state index in [1.807, 2.05) is 24.3 Å². The second kappa shape index (κ2) is 8.85. The van der Waals surface area contributed by atoms with Gasteiger partial charge in [0.1, 0.15) is 5.75 Å². The van der Waals surface area contributed by atoms with E-state index < -0.39 is 10.2 Å². The Bertz CT molecular complexity index is 861. The number of hydrogen-bond donors (Lipinski definition) is 2. The highest BCUT2D eigenvalue weighted by Gasteiger charge is 2.23. The number of nitrogens with zero attached hydrogens (tertiary/aromatic N) is 2. The smallest absolute Gasteiger partial charge is 0.301 e. The molecule has 0 aromatic heterocycles. The lowest BCUT2D eigenvalue weighted by Crippen LogP contribution is -2.43. The summed E-state index contributed by atoms with van der Waals surface area (Å²) in [6.45, 7) is 1.54. The van der Waals surface area contributed by atoms with E-state index in [0.29, 0.717) is 32.0 Å². The van der Waals surface area contributed by atoms with Crippen LogP contribution in [-0.4, -0.2) is 52.4 Å². The number of morpholine rings is 1. The van der Waals surface area contributed by atoms with Crippen LogP contribution in [0.1, 0.15) is 5.56 Å². The highest BCUT2D eigenvalue weighted by molar-refractivity contribution is 7.90. The van der Waals surface area contributed by atoms with Gasteiger partial charge in [-0.25, -0.2) is 0 Å². The first-order chi connectivity index (χ1) is 13.1. The summed E-state index contributed by atoms with van der Waals surface area (Å²) < 4.78 is 38.9. The topological polar surface area (TPSA) is 92.3 Å². The first-order valence-electron chi connectivity index (χ1n) is 8.46. The third-order valence-electron chi connectivity index (χ3n) is 3.96. The first kappa shape index (κ1) is 19.2. The summed E-state index contributed by atoms with van der Waals surface area (Å²) in [4.78, 5) is 0. The minimum atomic E-state index is -3.56. The minimum absolute atomic E-state index is 0.356. The van der Waals surface area contributed by atoms with Gasteiger partial charge in [-0.2, -0.15) is 17.8 Å². The lowest BCUT2D eigenvalue weighted by atomic mass is 10.2. The van der Waals surface area contributed by atoms with Crippen molar-refractivity contribution in [3.8, 4) is 5.75 Å². The van der Waals surface area contributed by atoms with Crippen molar-refractivity contribution in [2.75, 3.05) is 43.6 Å². The van der Waals surface area contributed by atoms with Crippen LogP contribution >= 0.6 is 0 Å². The lowest BCUT2D eigenvalue weighted by Gasteiger charge is -2.26. The van der Waals surface area contributed by atoms with Gasteiger partial charge in [-0.05, 0) is 54.1 Å².